The number of pyridine rings is 1. The molecule has 208 valence electrons. The number of aromatic amines is 1. The minimum atomic E-state index is -0.641. The SMILES string of the molecule is CC(C)NC(=O)OC1CCN(c2ccc(-c3nc4[nH]c(O[C@@H]5CO[C@H]6[C@@H]5OC[C@H]6O)nc4cc3Cl)cc2)CC1. The molecule has 3 saturated heterocycles. The molecule has 1 aromatic carbocycles. The van der Waals surface area contributed by atoms with Crippen molar-refractivity contribution in [2.24, 2.45) is 0 Å². The molecule has 3 aliphatic rings. The first-order valence-corrected chi connectivity index (χ1v) is 13.7. The fraction of sp³-hybridized carbons (Fsp3) is 0.519. The van der Waals surface area contributed by atoms with Crippen molar-refractivity contribution < 1.29 is 28.8 Å². The van der Waals surface area contributed by atoms with E-state index in [1.54, 1.807) is 6.07 Å². The number of halogens is 1. The number of nitrogens with zero attached hydrogens (tertiary/aromatic N) is 3. The van der Waals surface area contributed by atoms with Gasteiger partial charge in [-0.2, -0.15) is 4.98 Å². The van der Waals surface area contributed by atoms with Gasteiger partial charge in [0.1, 0.15) is 29.9 Å². The van der Waals surface area contributed by atoms with Crippen molar-refractivity contribution in [2.45, 2.75) is 63.3 Å². The third-order valence-electron chi connectivity index (χ3n) is 7.28. The number of fused-ring (bicyclic) bond motifs is 2. The number of carbonyl (C=O) groups excluding carboxylic acids is 1. The number of aliphatic hydroxyl groups is 1. The lowest BCUT2D eigenvalue weighted by Gasteiger charge is -2.33. The molecule has 3 aromatic rings. The lowest BCUT2D eigenvalue weighted by molar-refractivity contribution is 0.00706. The highest BCUT2D eigenvalue weighted by molar-refractivity contribution is 6.33. The normalized spacial score (nSPS) is 25.3. The highest BCUT2D eigenvalue weighted by Gasteiger charge is 2.48. The van der Waals surface area contributed by atoms with E-state index in [9.17, 15) is 9.90 Å². The number of hydrogen-bond acceptors (Lipinski definition) is 9. The van der Waals surface area contributed by atoms with E-state index in [0.29, 0.717) is 34.5 Å². The maximum Gasteiger partial charge on any atom is 0.407 e. The summed E-state index contributed by atoms with van der Waals surface area (Å²) >= 11 is 6.60. The molecule has 4 atom stereocenters. The molecule has 5 heterocycles. The van der Waals surface area contributed by atoms with Crippen LogP contribution in [0, 0.1) is 0 Å². The van der Waals surface area contributed by atoms with Gasteiger partial charge < -0.3 is 34.3 Å². The average Bonchev–Trinajstić information content (AvgIpc) is 3.60. The Morgan fingerprint density at radius 3 is 2.64 bits per heavy atom. The second kappa shape index (κ2) is 10.8. The van der Waals surface area contributed by atoms with Crippen LogP contribution in [-0.4, -0.2) is 89.0 Å². The summed E-state index contributed by atoms with van der Waals surface area (Å²) in [5.41, 5.74) is 3.76. The van der Waals surface area contributed by atoms with Crippen molar-refractivity contribution in [2.75, 3.05) is 31.2 Å². The van der Waals surface area contributed by atoms with Gasteiger partial charge in [0, 0.05) is 43.2 Å². The quantitative estimate of drug-likeness (QED) is 0.418. The van der Waals surface area contributed by atoms with E-state index in [2.05, 4.69) is 32.3 Å². The van der Waals surface area contributed by atoms with Crippen LogP contribution < -0.4 is 15.0 Å². The molecular weight excluding hydrogens is 526 g/mol. The maximum absolute atomic E-state index is 11.9. The molecule has 12 heteroatoms. The summed E-state index contributed by atoms with van der Waals surface area (Å²) in [6.45, 7) is 5.98. The Bertz CT molecular complexity index is 1330. The van der Waals surface area contributed by atoms with E-state index in [0.717, 1.165) is 37.2 Å². The van der Waals surface area contributed by atoms with Crippen molar-refractivity contribution in [3.8, 4) is 17.3 Å². The molecular formula is C27H32ClN5O6. The van der Waals surface area contributed by atoms with Gasteiger partial charge in [0.2, 0.25) is 0 Å². The fourth-order valence-electron chi connectivity index (χ4n) is 5.32. The van der Waals surface area contributed by atoms with Gasteiger partial charge >= 0.3 is 6.09 Å². The summed E-state index contributed by atoms with van der Waals surface area (Å²) in [6.07, 6.45) is -0.586. The van der Waals surface area contributed by atoms with Gasteiger partial charge in [-0.25, -0.2) is 9.78 Å². The Labute approximate surface area is 230 Å². The molecule has 0 saturated carbocycles. The van der Waals surface area contributed by atoms with Gasteiger partial charge in [0.05, 0.1) is 23.9 Å². The number of alkyl carbamates (subject to hydrolysis) is 1. The Hall–Kier alpha value is -3.12. The third kappa shape index (κ3) is 5.49. The number of piperidine rings is 1. The molecule has 3 fully saturated rings. The van der Waals surface area contributed by atoms with Gasteiger partial charge in [0.15, 0.2) is 11.8 Å². The van der Waals surface area contributed by atoms with Gasteiger partial charge in [-0.1, -0.05) is 23.7 Å². The molecule has 2 aromatic heterocycles. The monoisotopic (exact) mass is 557 g/mol. The lowest BCUT2D eigenvalue weighted by Crippen LogP contribution is -2.40. The lowest BCUT2D eigenvalue weighted by atomic mass is 10.1. The average molecular weight is 558 g/mol. The number of anilines is 1. The zero-order chi connectivity index (χ0) is 27.1. The molecule has 3 N–H and O–H groups in total. The predicted molar refractivity (Wildman–Crippen MR) is 144 cm³/mol. The fourth-order valence-corrected chi connectivity index (χ4v) is 5.58. The molecule has 6 rings (SSSR count). The summed E-state index contributed by atoms with van der Waals surface area (Å²) in [5, 5.41) is 13.2. The van der Waals surface area contributed by atoms with Crippen LogP contribution in [0.3, 0.4) is 0 Å². The Balaban J connectivity index is 1.10. The van der Waals surface area contributed by atoms with Crippen LogP contribution in [0.5, 0.6) is 6.01 Å². The first-order chi connectivity index (χ1) is 18.8. The van der Waals surface area contributed by atoms with Crippen molar-refractivity contribution in [1.82, 2.24) is 20.3 Å². The Morgan fingerprint density at radius 2 is 1.90 bits per heavy atom. The predicted octanol–water partition coefficient (Wildman–Crippen LogP) is 3.29. The van der Waals surface area contributed by atoms with Crippen LogP contribution >= 0.6 is 11.6 Å². The zero-order valence-corrected chi connectivity index (χ0v) is 22.6. The molecule has 0 radical (unpaired) electrons. The van der Waals surface area contributed by atoms with Crippen LogP contribution in [0.25, 0.3) is 22.4 Å². The number of rotatable bonds is 6. The smallest absolute Gasteiger partial charge is 0.407 e. The number of amides is 1. The number of ether oxygens (including phenoxy) is 4. The summed E-state index contributed by atoms with van der Waals surface area (Å²) in [4.78, 5) is 26.5. The van der Waals surface area contributed by atoms with E-state index in [1.165, 1.54) is 0 Å². The highest BCUT2D eigenvalue weighted by Crippen LogP contribution is 2.33. The first-order valence-electron chi connectivity index (χ1n) is 13.3. The maximum atomic E-state index is 11.9. The molecule has 0 unspecified atom stereocenters. The van der Waals surface area contributed by atoms with Crippen molar-refractivity contribution in [3.63, 3.8) is 0 Å². The second-order valence-corrected chi connectivity index (χ2v) is 10.9. The molecule has 0 aliphatic carbocycles. The topological polar surface area (TPSA) is 131 Å². The number of aliphatic hydroxyl groups excluding tert-OH is 1. The first kappa shape index (κ1) is 26.1. The van der Waals surface area contributed by atoms with Crippen LogP contribution in [0.4, 0.5) is 10.5 Å². The highest BCUT2D eigenvalue weighted by atomic mass is 35.5. The number of H-pyrrole nitrogens is 1. The number of carbonyl (C=O) groups is 1. The number of hydrogen-bond donors (Lipinski definition) is 3. The number of imidazole rings is 1. The minimum Gasteiger partial charge on any atom is -0.456 e. The van der Waals surface area contributed by atoms with Gasteiger partial charge in [-0.3, -0.25) is 4.98 Å². The molecule has 0 bridgehead atoms. The molecule has 1 amide bonds. The van der Waals surface area contributed by atoms with Crippen LogP contribution in [0.1, 0.15) is 26.7 Å². The van der Waals surface area contributed by atoms with E-state index < -0.39 is 6.10 Å². The van der Waals surface area contributed by atoms with Crippen molar-refractivity contribution in [3.05, 3.63) is 35.4 Å². The van der Waals surface area contributed by atoms with E-state index in [-0.39, 0.29) is 43.2 Å². The van der Waals surface area contributed by atoms with Gasteiger partial charge in [-0.05, 0) is 32.0 Å². The standard InChI is InChI=1S/C27H32ClN5O6/c1-14(2)29-27(35)38-17-7-9-33(10-8-17)16-5-3-15(4-6-16)22-18(28)11-19-25(31-22)32-26(30-19)39-21-13-37-23-20(34)12-36-24(21)23/h3-6,11,14,17,20-21,23-24,34H,7-10,12-13H2,1-2H3,(H,29,35)(H,30,31,32)/t20-,21-,23-,24-/m1/s1. The van der Waals surface area contributed by atoms with Crippen molar-refractivity contribution >= 4 is 34.5 Å². The summed E-state index contributed by atoms with van der Waals surface area (Å²) in [5.74, 6) is 0. The third-order valence-corrected chi connectivity index (χ3v) is 7.56. The number of aromatic nitrogens is 3. The van der Waals surface area contributed by atoms with Crippen LogP contribution in [-0.2, 0) is 14.2 Å². The largest absolute Gasteiger partial charge is 0.456 e. The van der Waals surface area contributed by atoms with Gasteiger partial charge in [-0.15, -0.1) is 0 Å². The van der Waals surface area contributed by atoms with Crippen LogP contribution in [0.2, 0.25) is 5.02 Å². The Kier molecular flexibility index (Phi) is 7.23. The Morgan fingerprint density at radius 1 is 1.15 bits per heavy atom. The summed E-state index contributed by atoms with van der Waals surface area (Å²) in [6, 6.07) is 10.2. The zero-order valence-electron chi connectivity index (χ0n) is 21.8. The molecule has 11 nitrogen and oxygen atoms in total. The van der Waals surface area contributed by atoms with Gasteiger partial charge in [0.25, 0.3) is 6.01 Å². The second-order valence-electron chi connectivity index (χ2n) is 10.5. The minimum absolute atomic E-state index is 0.0566. The molecule has 39 heavy (non-hydrogen) atoms. The summed E-state index contributed by atoms with van der Waals surface area (Å²) in [7, 11) is 0. The van der Waals surface area contributed by atoms with E-state index >= 15 is 0 Å². The van der Waals surface area contributed by atoms with E-state index in [4.69, 9.17) is 35.5 Å². The van der Waals surface area contributed by atoms with Crippen LogP contribution in [0.15, 0.2) is 30.3 Å². The molecule has 3 aliphatic heterocycles. The van der Waals surface area contributed by atoms with E-state index in [1.807, 2.05) is 26.0 Å². The summed E-state index contributed by atoms with van der Waals surface area (Å²) < 4.78 is 22.8. The number of nitrogens with one attached hydrogen (secondary N) is 2. The number of benzene rings is 1. The van der Waals surface area contributed by atoms with Crippen molar-refractivity contribution in [1.29, 1.82) is 0 Å². The molecule has 0 spiro atoms.